The Morgan fingerprint density at radius 2 is 2.00 bits per heavy atom. The van der Waals surface area contributed by atoms with Gasteiger partial charge in [-0.25, -0.2) is 4.98 Å². The molecule has 0 spiro atoms. The Morgan fingerprint density at radius 3 is 2.65 bits per heavy atom. The third-order valence-corrected chi connectivity index (χ3v) is 5.20. The lowest BCUT2D eigenvalue weighted by Gasteiger charge is -2.23. The molecular formula is C19H25N3O. The summed E-state index contributed by atoms with van der Waals surface area (Å²) in [6.07, 6.45) is 10.2. The average molecular weight is 311 g/mol. The Morgan fingerprint density at radius 1 is 1.22 bits per heavy atom. The molecule has 1 heterocycles. The number of ether oxygens (including phenoxy) is 1. The van der Waals surface area contributed by atoms with Crippen LogP contribution in [0.5, 0.6) is 5.75 Å². The predicted molar refractivity (Wildman–Crippen MR) is 90.5 cm³/mol. The topological polar surface area (TPSA) is 30.3 Å². The fraction of sp³-hybridized carbons (Fsp3) is 0.526. The zero-order valence-corrected chi connectivity index (χ0v) is 14.1. The Kier molecular flexibility index (Phi) is 3.85. The van der Waals surface area contributed by atoms with Crippen molar-refractivity contribution in [1.82, 2.24) is 14.5 Å². The summed E-state index contributed by atoms with van der Waals surface area (Å²) < 4.78 is 7.80. The number of benzene rings is 1. The summed E-state index contributed by atoms with van der Waals surface area (Å²) in [5.74, 6) is 2.19. The molecular weight excluding hydrogens is 286 g/mol. The quantitative estimate of drug-likeness (QED) is 0.821. The predicted octanol–water partition coefficient (Wildman–Crippen LogP) is 3.08. The second kappa shape index (κ2) is 6.00. The van der Waals surface area contributed by atoms with E-state index >= 15 is 0 Å². The third kappa shape index (κ3) is 3.00. The Balaban J connectivity index is 1.58. The summed E-state index contributed by atoms with van der Waals surface area (Å²) in [6.45, 7) is 1.86. The van der Waals surface area contributed by atoms with Crippen LogP contribution in [0.15, 0.2) is 24.5 Å². The molecule has 122 valence electrons. The molecule has 0 atom stereocenters. The SMILES string of the molecule is COc1cc2c(cc1CN(Cc1nccn1C)C1CC1)CCC2. The van der Waals surface area contributed by atoms with Crippen molar-refractivity contribution >= 4 is 0 Å². The van der Waals surface area contributed by atoms with E-state index in [-0.39, 0.29) is 0 Å². The minimum Gasteiger partial charge on any atom is -0.496 e. The summed E-state index contributed by atoms with van der Waals surface area (Å²) in [4.78, 5) is 7.05. The van der Waals surface area contributed by atoms with E-state index in [2.05, 4.69) is 33.6 Å². The molecule has 0 bridgehead atoms. The maximum Gasteiger partial charge on any atom is 0.123 e. The molecule has 0 saturated heterocycles. The molecule has 4 nitrogen and oxygen atoms in total. The Labute approximate surface area is 138 Å². The van der Waals surface area contributed by atoms with Crippen molar-refractivity contribution in [3.05, 3.63) is 47.0 Å². The Bertz CT molecular complexity index is 703. The van der Waals surface area contributed by atoms with Crippen LogP contribution in [-0.4, -0.2) is 27.6 Å². The monoisotopic (exact) mass is 311 g/mol. The van der Waals surface area contributed by atoms with Gasteiger partial charge in [0.2, 0.25) is 0 Å². The van der Waals surface area contributed by atoms with Crippen molar-refractivity contribution in [3.63, 3.8) is 0 Å². The molecule has 0 unspecified atom stereocenters. The van der Waals surface area contributed by atoms with Gasteiger partial charge in [-0.2, -0.15) is 0 Å². The second-order valence-corrected chi connectivity index (χ2v) is 6.88. The highest BCUT2D eigenvalue weighted by atomic mass is 16.5. The number of hydrogen-bond acceptors (Lipinski definition) is 3. The zero-order valence-electron chi connectivity index (χ0n) is 14.1. The van der Waals surface area contributed by atoms with E-state index < -0.39 is 0 Å². The first-order chi connectivity index (χ1) is 11.2. The number of hydrogen-bond donors (Lipinski definition) is 0. The van der Waals surface area contributed by atoms with Gasteiger partial charge >= 0.3 is 0 Å². The van der Waals surface area contributed by atoms with Crippen molar-refractivity contribution in [1.29, 1.82) is 0 Å². The van der Waals surface area contributed by atoms with Gasteiger partial charge in [-0.1, -0.05) is 6.07 Å². The molecule has 0 aliphatic heterocycles. The highest BCUT2D eigenvalue weighted by molar-refractivity contribution is 5.44. The van der Waals surface area contributed by atoms with Crippen LogP contribution in [0.25, 0.3) is 0 Å². The summed E-state index contributed by atoms with van der Waals surface area (Å²) in [5.41, 5.74) is 4.33. The fourth-order valence-electron chi connectivity index (χ4n) is 3.67. The van der Waals surface area contributed by atoms with E-state index in [0.29, 0.717) is 6.04 Å². The Hall–Kier alpha value is -1.81. The number of rotatable bonds is 6. The van der Waals surface area contributed by atoms with Crippen molar-refractivity contribution in [2.24, 2.45) is 7.05 Å². The number of imidazole rings is 1. The van der Waals surface area contributed by atoms with E-state index in [9.17, 15) is 0 Å². The number of aromatic nitrogens is 2. The first-order valence-electron chi connectivity index (χ1n) is 8.63. The molecule has 0 N–H and O–H groups in total. The van der Waals surface area contributed by atoms with Crippen molar-refractivity contribution in [3.8, 4) is 5.75 Å². The van der Waals surface area contributed by atoms with Gasteiger partial charge in [0.05, 0.1) is 13.7 Å². The van der Waals surface area contributed by atoms with E-state index in [4.69, 9.17) is 4.74 Å². The molecule has 1 fully saturated rings. The van der Waals surface area contributed by atoms with Crippen LogP contribution in [0, 0.1) is 0 Å². The minimum absolute atomic E-state index is 0.699. The first-order valence-corrected chi connectivity index (χ1v) is 8.63. The maximum atomic E-state index is 5.68. The smallest absolute Gasteiger partial charge is 0.123 e. The lowest BCUT2D eigenvalue weighted by molar-refractivity contribution is 0.233. The molecule has 23 heavy (non-hydrogen) atoms. The summed E-state index contributed by atoms with van der Waals surface area (Å²) in [6, 6.07) is 5.35. The minimum atomic E-state index is 0.699. The van der Waals surface area contributed by atoms with Crippen LogP contribution >= 0.6 is 0 Å². The summed E-state index contributed by atoms with van der Waals surface area (Å²) in [5, 5.41) is 0. The molecule has 4 heteroatoms. The number of methoxy groups -OCH3 is 1. The highest BCUT2D eigenvalue weighted by Gasteiger charge is 2.30. The molecule has 4 rings (SSSR count). The molecule has 1 aromatic heterocycles. The molecule has 1 saturated carbocycles. The van der Waals surface area contributed by atoms with Crippen LogP contribution in [0.2, 0.25) is 0 Å². The van der Waals surface area contributed by atoms with Gasteiger partial charge in [-0.05, 0) is 49.3 Å². The second-order valence-electron chi connectivity index (χ2n) is 6.88. The standard InChI is InChI=1S/C19H25N3O/c1-21-9-8-20-19(21)13-22(17-6-7-17)12-16-10-14-4-3-5-15(14)11-18(16)23-2/h8-11,17H,3-7,12-13H2,1-2H3. The van der Waals surface area contributed by atoms with E-state index in [1.54, 1.807) is 7.11 Å². The van der Waals surface area contributed by atoms with E-state index in [0.717, 1.165) is 24.7 Å². The molecule has 2 aliphatic carbocycles. The van der Waals surface area contributed by atoms with Gasteiger partial charge in [-0.3, -0.25) is 4.90 Å². The number of nitrogens with zero attached hydrogens (tertiary/aromatic N) is 3. The average Bonchev–Trinajstić information content (AvgIpc) is 3.18. The highest BCUT2D eigenvalue weighted by Crippen LogP contribution is 2.34. The van der Waals surface area contributed by atoms with E-state index in [1.807, 2.05) is 12.4 Å². The molecule has 2 aromatic rings. The van der Waals surface area contributed by atoms with Gasteiger partial charge in [0, 0.05) is 37.6 Å². The zero-order chi connectivity index (χ0) is 15.8. The van der Waals surface area contributed by atoms with Crippen LogP contribution in [0.4, 0.5) is 0 Å². The molecule has 2 aliphatic rings. The van der Waals surface area contributed by atoms with Crippen molar-refractivity contribution < 1.29 is 4.74 Å². The van der Waals surface area contributed by atoms with Gasteiger partial charge in [0.15, 0.2) is 0 Å². The summed E-state index contributed by atoms with van der Waals surface area (Å²) >= 11 is 0. The fourth-order valence-corrected chi connectivity index (χ4v) is 3.67. The third-order valence-electron chi connectivity index (χ3n) is 5.20. The maximum absolute atomic E-state index is 5.68. The largest absolute Gasteiger partial charge is 0.496 e. The first kappa shape index (κ1) is 14.8. The van der Waals surface area contributed by atoms with Gasteiger partial charge in [0.25, 0.3) is 0 Å². The van der Waals surface area contributed by atoms with Crippen molar-refractivity contribution in [2.45, 2.75) is 51.2 Å². The molecule has 1 aromatic carbocycles. The molecule has 0 radical (unpaired) electrons. The normalized spacial score (nSPS) is 16.8. The lowest BCUT2D eigenvalue weighted by atomic mass is 10.0. The summed E-state index contributed by atoms with van der Waals surface area (Å²) in [7, 11) is 3.86. The van der Waals surface area contributed by atoms with Gasteiger partial charge in [-0.15, -0.1) is 0 Å². The number of fused-ring (bicyclic) bond motifs is 1. The van der Waals surface area contributed by atoms with Crippen LogP contribution in [0.1, 0.15) is 41.8 Å². The van der Waals surface area contributed by atoms with Crippen LogP contribution in [-0.2, 0) is 33.0 Å². The van der Waals surface area contributed by atoms with Crippen LogP contribution in [0.3, 0.4) is 0 Å². The van der Waals surface area contributed by atoms with E-state index in [1.165, 1.54) is 48.8 Å². The lowest BCUT2D eigenvalue weighted by Crippen LogP contribution is -2.26. The van der Waals surface area contributed by atoms with Gasteiger partial charge in [0.1, 0.15) is 11.6 Å². The van der Waals surface area contributed by atoms with Crippen molar-refractivity contribution in [2.75, 3.05) is 7.11 Å². The molecule has 0 amide bonds. The van der Waals surface area contributed by atoms with Gasteiger partial charge < -0.3 is 9.30 Å². The van der Waals surface area contributed by atoms with Crippen LogP contribution < -0.4 is 4.74 Å². The number of aryl methyl sites for hydroxylation is 3.